The SMILES string of the molecule is O=C(O)N[C@H]1C2CC[C@H]1CN(c1nc(OCC34CCCN3CCC4)nc3c(F)c(Cl)ncc13)C2. The van der Waals surface area contributed by atoms with Gasteiger partial charge in [0.25, 0.3) is 0 Å². The molecule has 11 heteroatoms. The summed E-state index contributed by atoms with van der Waals surface area (Å²) < 4.78 is 21.2. The van der Waals surface area contributed by atoms with Crippen LogP contribution in [0, 0.1) is 17.7 Å². The van der Waals surface area contributed by atoms with Gasteiger partial charge in [0.15, 0.2) is 11.0 Å². The van der Waals surface area contributed by atoms with Crippen LogP contribution >= 0.6 is 11.6 Å². The molecule has 2 bridgehead atoms. The summed E-state index contributed by atoms with van der Waals surface area (Å²) in [7, 11) is 0. The van der Waals surface area contributed by atoms with Crippen molar-refractivity contribution in [1.82, 2.24) is 25.2 Å². The minimum atomic E-state index is -0.994. The van der Waals surface area contributed by atoms with Crippen LogP contribution in [-0.4, -0.2) is 75.4 Å². The molecular weight excluding hydrogens is 463 g/mol. The molecule has 2 aromatic heterocycles. The molecule has 6 rings (SSSR count). The number of carboxylic acid groups (broad SMARTS) is 1. The lowest BCUT2D eigenvalue weighted by atomic mass is 9.92. The number of amides is 1. The van der Waals surface area contributed by atoms with Gasteiger partial charge in [0, 0.05) is 25.3 Å². The van der Waals surface area contributed by atoms with Crippen molar-refractivity contribution in [3.63, 3.8) is 0 Å². The molecule has 3 saturated heterocycles. The summed E-state index contributed by atoms with van der Waals surface area (Å²) in [5.74, 6) is 0.220. The molecule has 0 aromatic carbocycles. The van der Waals surface area contributed by atoms with Gasteiger partial charge in [0.2, 0.25) is 0 Å². The monoisotopic (exact) mass is 490 g/mol. The second-order valence-electron chi connectivity index (χ2n) is 10.1. The van der Waals surface area contributed by atoms with Gasteiger partial charge < -0.3 is 20.1 Å². The summed E-state index contributed by atoms with van der Waals surface area (Å²) in [5, 5.41) is 12.2. The number of fused-ring (bicyclic) bond motifs is 4. The number of anilines is 1. The van der Waals surface area contributed by atoms with Gasteiger partial charge in [-0.15, -0.1) is 0 Å². The number of halogens is 2. The van der Waals surface area contributed by atoms with Gasteiger partial charge >= 0.3 is 12.1 Å². The minimum absolute atomic E-state index is 0.0207. The van der Waals surface area contributed by atoms with Gasteiger partial charge in [-0.2, -0.15) is 9.97 Å². The zero-order valence-corrected chi connectivity index (χ0v) is 19.6. The summed E-state index contributed by atoms with van der Waals surface area (Å²) in [4.78, 5) is 29.0. The Hall–Kier alpha value is -2.46. The van der Waals surface area contributed by atoms with E-state index in [1.807, 2.05) is 0 Å². The molecule has 4 fully saturated rings. The second-order valence-corrected chi connectivity index (χ2v) is 10.5. The molecule has 0 radical (unpaired) electrons. The van der Waals surface area contributed by atoms with Crippen LogP contribution in [0.2, 0.25) is 5.15 Å². The maximum Gasteiger partial charge on any atom is 0.404 e. The predicted molar refractivity (Wildman–Crippen MR) is 124 cm³/mol. The van der Waals surface area contributed by atoms with E-state index in [-0.39, 0.29) is 40.1 Å². The molecule has 34 heavy (non-hydrogen) atoms. The van der Waals surface area contributed by atoms with Crippen molar-refractivity contribution in [3.05, 3.63) is 17.2 Å². The van der Waals surface area contributed by atoms with Gasteiger partial charge in [-0.3, -0.25) is 4.90 Å². The number of nitrogens with zero attached hydrogens (tertiary/aromatic N) is 5. The first kappa shape index (κ1) is 22.0. The molecule has 1 amide bonds. The lowest BCUT2D eigenvalue weighted by Gasteiger charge is -2.38. The molecular formula is C23H28ClFN6O3. The number of piperidine rings is 1. The van der Waals surface area contributed by atoms with E-state index in [0.29, 0.717) is 30.9 Å². The quantitative estimate of drug-likeness (QED) is 0.615. The average molecular weight is 491 g/mol. The van der Waals surface area contributed by atoms with Crippen LogP contribution in [0.15, 0.2) is 6.20 Å². The van der Waals surface area contributed by atoms with Crippen molar-refractivity contribution in [1.29, 1.82) is 0 Å². The van der Waals surface area contributed by atoms with Gasteiger partial charge in [0.1, 0.15) is 17.9 Å². The van der Waals surface area contributed by atoms with Crippen molar-refractivity contribution in [3.8, 4) is 6.01 Å². The Balaban J connectivity index is 1.33. The molecule has 0 spiro atoms. The third-order valence-electron chi connectivity index (χ3n) is 8.31. The van der Waals surface area contributed by atoms with E-state index < -0.39 is 11.9 Å². The fourth-order valence-electron chi connectivity index (χ4n) is 6.74. The molecule has 5 heterocycles. The number of rotatable bonds is 5. The fraction of sp³-hybridized carbons (Fsp3) is 0.652. The van der Waals surface area contributed by atoms with Gasteiger partial charge in [0.05, 0.1) is 10.9 Å². The van der Waals surface area contributed by atoms with Crippen LogP contribution in [-0.2, 0) is 0 Å². The van der Waals surface area contributed by atoms with Crippen LogP contribution in [0.5, 0.6) is 6.01 Å². The number of ether oxygens (including phenoxy) is 1. The van der Waals surface area contributed by atoms with E-state index in [1.165, 1.54) is 6.20 Å². The molecule has 3 atom stereocenters. The normalized spacial score (nSPS) is 27.8. The summed E-state index contributed by atoms with van der Waals surface area (Å²) in [6.45, 7) is 3.90. The van der Waals surface area contributed by atoms with Gasteiger partial charge in [-0.1, -0.05) is 11.6 Å². The summed E-state index contributed by atoms with van der Waals surface area (Å²) in [6.07, 6.45) is 6.89. The van der Waals surface area contributed by atoms with E-state index in [1.54, 1.807) is 0 Å². The van der Waals surface area contributed by atoms with Crippen molar-refractivity contribution in [2.24, 2.45) is 11.8 Å². The summed E-state index contributed by atoms with van der Waals surface area (Å²) >= 11 is 5.98. The number of aromatic nitrogens is 3. The smallest absolute Gasteiger partial charge is 0.404 e. The maximum atomic E-state index is 15.0. The van der Waals surface area contributed by atoms with Crippen LogP contribution in [0.3, 0.4) is 0 Å². The molecule has 2 N–H and O–H groups in total. The van der Waals surface area contributed by atoms with Crippen LogP contribution in [0.4, 0.5) is 15.0 Å². The Morgan fingerprint density at radius 3 is 2.62 bits per heavy atom. The van der Waals surface area contributed by atoms with Gasteiger partial charge in [-0.05, 0) is 63.5 Å². The lowest BCUT2D eigenvalue weighted by Crippen LogP contribution is -2.52. The first-order valence-corrected chi connectivity index (χ1v) is 12.5. The predicted octanol–water partition coefficient (Wildman–Crippen LogP) is 3.31. The van der Waals surface area contributed by atoms with E-state index in [2.05, 4.69) is 25.1 Å². The molecule has 3 aliphatic heterocycles. The highest BCUT2D eigenvalue weighted by atomic mass is 35.5. The van der Waals surface area contributed by atoms with E-state index in [0.717, 1.165) is 51.6 Å². The lowest BCUT2D eigenvalue weighted by molar-refractivity contribution is 0.108. The first-order chi connectivity index (χ1) is 16.4. The number of carbonyl (C=O) groups is 1. The van der Waals surface area contributed by atoms with Crippen molar-refractivity contribution >= 4 is 34.4 Å². The zero-order chi connectivity index (χ0) is 23.4. The van der Waals surface area contributed by atoms with Crippen LogP contribution in [0.25, 0.3) is 10.9 Å². The summed E-state index contributed by atoms with van der Waals surface area (Å²) in [5.41, 5.74) is 0.123. The first-order valence-electron chi connectivity index (χ1n) is 12.1. The standard InChI is InChI=1S/C23H28ClFN6O3/c24-19-16(25)18-15(9-26-19)20(30-10-13-3-4-14(11-30)17(13)28-22(32)33)29-21(27-18)34-12-23-5-1-7-31(23)8-2-6-23/h9,13-14,17,28H,1-8,10-12H2,(H,32,33)/t13-,14?,17+/m0/s1. The molecule has 182 valence electrons. The minimum Gasteiger partial charge on any atom is -0.465 e. The number of pyridine rings is 1. The topological polar surface area (TPSA) is 104 Å². The van der Waals surface area contributed by atoms with E-state index in [9.17, 15) is 9.90 Å². The molecule has 1 unspecified atom stereocenters. The van der Waals surface area contributed by atoms with Crippen molar-refractivity contribution in [2.45, 2.75) is 50.1 Å². The molecule has 4 aliphatic rings. The molecule has 1 saturated carbocycles. The van der Waals surface area contributed by atoms with Crippen LogP contribution < -0.4 is 15.0 Å². The Morgan fingerprint density at radius 1 is 1.24 bits per heavy atom. The third-order valence-corrected chi connectivity index (χ3v) is 8.57. The van der Waals surface area contributed by atoms with E-state index >= 15 is 4.39 Å². The van der Waals surface area contributed by atoms with Crippen molar-refractivity contribution < 1.29 is 19.0 Å². The molecule has 2 aromatic rings. The highest BCUT2D eigenvalue weighted by Crippen LogP contribution is 2.41. The van der Waals surface area contributed by atoms with Crippen LogP contribution in [0.1, 0.15) is 38.5 Å². The third kappa shape index (κ3) is 3.62. The van der Waals surface area contributed by atoms with Gasteiger partial charge in [-0.25, -0.2) is 14.2 Å². The molecule has 9 nitrogen and oxygen atoms in total. The Kier molecular flexibility index (Phi) is 5.40. The Bertz CT molecular complexity index is 1110. The summed E-state index contributed by atoms with van der Waals surface area (Å²) in [6, 6.07) is 0.0756. The highest BCUT2D eigenvalue weighted by molar-refractivity contribution is 6.30. The number of hydrogen-bond acceptors (Lipinski definition) is 7. The average Bonchev–Trinajstić information content (AvgIpc) is 3.44. The fourth-order valence-corrected chi connectivity index (χ4v) is 6.88. The number of hydrogen-bond donors (Lipinski definition) is 2. The van der Waals surface area contributed by atoms with E-state index in [4.69, 9.17) is 21.3 Å². The molecule has 1 aliphatic carbocycles. The Labute approximate surface area is 201 Å². The van der Waals surface area contributed by atoms with Crippen molar-refractivity contribution in [2.75, 3.05) is 37.7 Å². The number of nitrogens with one attached hydrogen (secondary N) is 1. The largest absolute Gasteiger partial charge is 0.465 e. The highest BCUT2D eigenvalue weighted by Gasteiger charge is 2.46. The Morgan fingerprint density at radius 2 is 1.94 bits per heavy atom. The zero-order valence-electron chi connectivity index (χ0n) is 18.8. The maximum absolute atomic E-state index is 15.0. The second kappa shape index (κ2) is 8.34.